The molecule has 1 saturated carbocycles. The number of methoxy groups -OCH3 is 1. The predicted molar refractivity (Wildman–Crippen MR) is 76.2 cm³/mol. The summed E-state index contributed by atoms with van der Waals surface area (Å²) in [5.41, 5.74) is 0. The molecule has 2 N–H and O–H groups in total. The van der Waals surface area contributed by atoms with Gasteiger partial charge in [0.15, 0.2) is 5.11 Å². The summed E-state index contributed by atoms with van der Waals surface area (Å²) in [4.78, 5) is 0. The van der Waals surface area contributed by atoms with Crippen molar-refractivity contribution in [2.45, 2.75) is 45.6 Å². The zero-order valence-corrected chi connectivity index (χ0v) is 12.1. The highest BCUT2D eigenvalue weighted by molar-refractivity contribution is 7.80. The summed E-state index contributed by atoms with van der Waals surface area (Å²) < 4.78 is 5.00. The Morgan fingerprint density at radius 1 is 1.35 bits per heavy atom. The first-order valence-corrected chi connectivity index (χ1v) is 7.09. The van der Waals surface area contributed by atoms with E-state index in [1.807, 2.05) is 0 Å². The molecule has 0 aromatic heterocycles. The second-order valence-electron chi connectivity index (χ2n) is 5.12. The molecule has 1 fully saturated rings. The summed E-state index contributed by atoms with van der Waals surface area (Å²) in [5, 5.41) is 7.49. The van der Waals surface area contributed by atoms with Gasteiger partial charge in [-0.2, -0.15) is 0 Å². The number of ether oxygens (including phenoxy) is 1. The van der Waals surface area contributed by atoms with Crippen LogP contribution in [0.5, 0.6) is 0 Å². The van der Waals surface area contributed by atoms with Gasteiger partial charge in [0.2, 0.25) is 0 Å². The third kappa shape index (κ3) is 5.21. The van der Waals surface area contributed by atoms with E-state index in [4.69, 9.17) is 17.0 Å². The van der Waals surface area contributed by atoms with Gasteiger partial charge in [0.05, 0.1) is 0 Å². The van der Waals surface area contributed by atoms with Gasteiger partial charge in [-0.05, 0) is 36.9 Å². The van der Waals surface area contributed by atoms with Crippen LogP contribution in [0.15, 0.2) is 0 Å². The standard InChI is InChI=1S/C13H26N2OS/c1-10-6-4-7-12(11(10)2)15-13(17)14-8-5-9-16-3/h10-12H,4-9H2,1-3H3,(H2,14,15,17). The fourth-order valence-corrected chi connectivity index (χ4v) is 2.68. The first kappa shape index (κ1) is 14.7. The van der Waals surface area contributed by atoms with E-state index < -0.39 is 0 Å². The summed E-state index contributed by atoms with van der Waals surface area (Å²) in [6.45, 7) is 6.34. The molecule has 0 amide bonds. The zero-order valence-electron chi connectivity index (χ0n) is 11.3. The molecular formula is C13H26N2OS. The minimum Gasteiger partial charge on any atom is -0.385 e. The largest absolute Gasteiger partial charge is 0.385 e. The second-order valence-corrected chi connectivity index (χ2v) is 5.53. The van der Waals surface area contributed by atoms with Crippen LogP contribution in [0.1, 0.15) is 39.5 Å². The SMILES string of the molecule is COCCCNC(=S)NC1CCCC(C)C1C. The fourth-order valence-electron chi connectivity index (χ4n) is 2.42. The minimum absolute atomic E-state index is 0.543. The molecule has 0 heterocycles. The number of nitrogens with one attached hydrogen (secondary N) is 2. The zero-order chi connectivity index (χ0) is 12.7. The summed E-state index contributed by atoms with van der Waals surface area (Å²) in [6.07, 6.45) is 4.91. The van der Waals surface area contributed by atoms with Crippen LogP contribution in [0, 0.1) is 11.8 Å². The van der Waals surface area contributed by atoms with Crippen molar-refractivity contribution in [1.29, 1.82) is 0 Å². The lowest BCUT2D eigenvalue weighted by Crippen LogP contribution is -2.47. The Kier molecular flexibility index (Phi) is 6.82. The minimum atomic E-state index is 0.543. The third-order valence-electron chi connectivity index (χ3n) is 3.83. The van der Waals surface area contributed by atoms with Crippen molar-refractivity contribution in [1.82, 2.24) is 10.6 Å². The fraction of sp³-hybridized carbons (Fsp3) is 0.923. The summed E-state index contributed by atoms with van der Waals surface area (Å²) in [7, 11) is 1.72. The Hall–Kier alpha value is -0.350. The molecule has 3 atom stereocenters. The summed E-state index contributed by atoms with van der Waals surface area (Å²) in [5.74, 6) is 1.51. The van der Waals surface area contributed by atoms with Crippen LogP contribution >= 0.6 is 12.2 Å². The maximum Gasteiger partial charge on any atom is 0.166 e. The van der Waals surface area contributed by atoms with Crippen molar-refractivity contribution in [2.24, 2.45) is 11.8 Å². The van der Waals surface area contributed by atoms with Gasteiger partial charge in [-0.25, -0.2) is 0 Å². The van der Waals surface area contributed by atoms with E-state index in [1.54, 1.807) is 7.11 Å². The third-order valence-corrected chi connectivity index (χ3v) is 4.10. The Bertz CT molecular complexity index is 235. The lowest BCUT2D eigenvalue weighted by Gasteiger charge is -2.35. The van der Waals surface area contributed by atoms with Crippen molar-refractivity contribution in [2.75, 3.05) is 20.3 Å². The van der Waals surface area contributed by atoms with Crippen molar-refractivity contribution < 1.29 is 4.74 Å². The predicted octanol–water partition coefficient (Wildman–Crippen LogP) is 2.31. The van der Waals surface area contributed by atoms with Crippen LogP contribution in [-0.4, -0.2) is 31.4 Å². The van der Waals surface area contributed by atoms with Crippen LogP contribution in [-0.2, 0) is 4.74 Å². The van der Waals surface area contributed by atoms with E-state index in [0.29, 0.717) is 12.0 Å². The smallest absolute Gasteiger partial charge is 0.166 e. The van der Waals surface area contributed by atoms with Crippen molar-refractivity contribution in [3.8, 4) is 0 Å². The summed E-state index contributed by atoms with van der Waals surface area (Å²) >= 11 is 5.31. The van der Waals surface area contributed by atoms with Gasteiger partial charge in [-0.1, -0.05) is 26.7 Å². The molecule has 0 aliphatic heterocycles. The molecule has 3 unspecified atom stereocenters. The van der Waals surface area contributed by atoms with Crippen molar-refractivity contribution in [3.63, 3.8) is 0 Å². The van der Waals surface area contributed by atoms with E-state index in [1.165, 1.54) is 19.3 Å². The Morgan fingerprint density at radius 2 is 2.12 bits per heavy atom. The topological polar surface area (TPSA) is 33.3 Å². The van der Waals surface area contributed by atoms with E-state index in [2.05, 4.69) is 24.5 Å². The van der Waals surface area contributed by atoms with Crippen LogP contribution in [0.4, 0.5) is 0 Å². The maximum absolute atomic E-state index is 5.31. The van der Waals surface area contributed by atoms with Gasteiger partial charge >= 0.3 is 0 Å². The number of rotatable bonds is 5. The molecule has 1 rings (SSSR count). The molecule has 1 aliphatic carbocycles. The molecule has 0 aromatic carbocycles. The van der Waals surface area contributed by atoms with Crippen LogP contribution in [0.25, 0.3) is 0 Å². The van der Waals surface area contributed by atoms with Crippen LogP contribution in [0.2, 0.25) is 0 Å². The van der Waals surface area contributed by atoms with Gasteiger partial charge in [-0.3, -0.25) is 0 Å². The highest BCUT2D eigenvalue weighted by Gasteiger charge is 2.27. The molecule has 4 heteroatoms. The van der Waals surface area contributed by atoms with E-state index >= 15 is 0 Å². The first-order chi connectivity index (χ1) is 8.15. The first-order valence-electron chi connectivity index (χ1n) is 6.68. The number of hydrogen-bond acceptors (Lipinski definition) is 2. The second kappa shape index (κ2) is 7.88. The number of thiocarbonyl (C=S) groups is 1. The van der Waals surface area contributed by atoms with E-state index in [9.17, 15) is 0 Å². The Morgan fingerprint density at radius 3 is 2.82 bits per heavy atom. The summed E-state index contributed by atoms with van der Waals surface area (Å²) in [6, 6.07) is 0.543. The van der Waals surface area contributed by atoms with E-state index in [0.717, 1.165) is 30.6 Å². The molecule has 100 valence electrons. The van der Waals surface area contributed by atoms with Gasteiger partial charge in [0.25, 0.3) is 0 Å². The lowest BCUT2D eigenvalue weighted by molar-refractivity contribution is 0.195. The van der Waals surface area contributed by atoms with Gasteiger partial charge in [-0.15, -0.1) is 0 Å². The molecule has 17 heavy (non-hydrogen) atoms. The normalized spacial score (nSPS) is 28.8. The highest BCUT2D eigenvalue weighted by atomic mass is 32.1. The average molecular weight is 258 g/mol. The molecule has 0 bridgehead atoms. The Labute approximate surface area is 111 Å². The molecule has 1 aliphatic rings. The molecule has 3 nitrogen and oxygen atoms in total. The average Bonchev–Trinajstić information content (AvgIpc) is 2.31. The van der Waals surface area contributed by atoms with Crippen LogP contribution in [0.3, 0.4) is 0 Å². The van der Waals surface area contributed by atoms with Crippen molar-refractivity contribution >= 4 is 17.3 Å². The lowest BCUT2D eigenvalue weighted by atomic mass is 9.78. The van der Waals surface area contributed by atoms with E-state index in [-0.39, 0.29) is 0 Å². The monoisotopic (exact) mass is 258 g/mol. The molecule has 0 aromatic rings. The molecule has 0 radical (unpaired) electrons. The van der Waals surface area contributed by atoms with Gasteiger partial charge in [0.1, 0.15) is 0 Å². The molecule has 0 spiro atoms. The number of hydrogen-bond donors (Lipinski definition) is 2. The quantitative estimate of drug-likeness (QED) is 0.586. The Balaban J connectivity index is 2.20. The van der Waals surface area contributed by atoms with Gasteiger partial charge < -0.3 is 15.4 Å². The highest BCUT2D eigenvalue weighted by Crippen LogP contribution is 2.29. The van der Waals surface area contributed by atoms with Crippen LogP contribution < -0.4 is 10.6 Å². The van der Waals surface area contributed by atoms with Crippen molar-refractivity contribution in [3.05, 3.63) is 0 Å². The van der Waals surface area contributed by atoms with Gasteiger partial charge in [0, 0.05) is 26.3 Å². The molecule has 0 saturated heterocycles. The maximum atomic E-state index is 5.31. The molecular weight excluding hydrogens is 232 g/mol.